The van der Waals surface area contributed by atoms with E-state index in [0.717, 1.165) is 38.0 Å². The Morgan fingerprint density at radius 2 is 2.04 bits per heavy atom. The van der Waals surface area contributed by atoms with Crippen LogP contribution in [0.25, 0.3) is 0 Å². The van der Waals surface area contributed by atoms with Gasteiger partial charge in [-0.25, -0.2) is 9.97 Å². The lowest BCUT2D eigenvalue weighted by Gasteiger charge is -2.45. The van der Waals surface area contributed by atoms with Gasteiger partial charge in [0.15, 0.2) is 0 Å². The number of carbonyl (C=O) groups is 1. The number of pyridine rings is 1. The van der Waals surface area contributed by atoms with Crippen LogP contribution in [-0.2, 0) is 0 Å². The van der Waals surface area contributed by atoms with E-state index in [1.807, 2.05) is 30.0 Å². The third-order valence-electron chi connectivity index (χ3n) is 5.14. The van der Waals surface area contributed by atoms with E-state index in [1.54, 1.807) is 18.6 Å². The number of rotatable bonds is 3. The number of hydrogen-bond donors (Lipinski definition) is 1. The molecule has 2 aliphatic rings. The summed E-state index contributed by atoms with van der Waals surface area (Å²) in [4.78, 5) is 27.2. The zero-order chi connectivity index (χ0) is 16.6. The van der Waals surface area contributed by atoms with Crippen LogP contribution in [0.15, 0.2) is 36.8 Å². The monoisotopic (exact) mass is 323 g/mol. The molecule has 3 heterocycles. The van der Waals surface area contributed by atoms with E-state index in [0.29, 0.717) is 17.6 Å². The van der Waals surface area contributed by atoms with Crippen LogP contribution < -0.4 is 5.32 Å². The Labute approximate surface area is 141 Å². The normalized spacial score (nSPS) is 25.5. The minimum absolute atomic E-state index is 0.0992. The maximum absolute atomic E-state index is 12.6. The van der Waals surface area contributed by atoms with Crippen molar-refractivity contribution in [3.63, 3.8) is 0 Å². The largest absolute Gasteiger partial charge is 0.351 e. The topological polar surface area (TPSA) is 71.0 Å². The Kier molecular flexibility index (Phi) is 3.67. The molecule has 0 atom stereocenters. The average Bonchev–Trinajstić information content (AvgIpc) is 3.01. The summed E-state index contributed by atoms with van der Waals surface area (Å²) in [6, 6.07) is 5.98. The van der Waals surface area contributed by atoms with Gasteiger partial charge < -0.3 is 10.2 Å². The summed E-state index contributed by atoms with van der Waals surface area (Å²) in [5, 5.41) is 3.38. The zero-order valence-electron chi connectivity index (χ0n) is 13.8. The predicted molar refractivity (Wildman–Crippen MR) is 90.6 cm³/mol. The number of aromatic nitrogens is 3. The molecule has 1 spiro atoms. The molecule has 1 saturated carbocycles. The molecule has 0 radical (unpaired) electrons. The average molecular weight is 323 g/mol. The Bertz CT molecular complexity index is 725. The predicted octanol–water partition coefficient (Wildman–Crippen LogP) is 2.29. The van der Waals surface area contributed by atoms with Gasteiger partial charge in [0.25, 0.3) is 5.91 Å². The molecule has 6 heteroatoms. The van der Waals surface area contributed by atoms with Gasteiger partial charge in [-0.2, -0.15) is 0 Å². The molecule has 1 N–H and O–H groups in total. The molecule has 24 heavy (non-hydrogen) atoms. The van der Waals surface area contributed by atoms with E-state index < -0.39 is 0 Å². The third-order valence-corrected chi connectivity index (χ3v) is 5.14. The van der Waals surface area contributed by atoms with Crippen LogP contribution in [0.3, 0.4) is 0 Å². The summed E-state index contributed by atoms with van der Waals surface area (Å²) in [6.45, 7) is 3.60. The van der Waals surface area contributed by atoms with E-state index in [-0.39, 0.29) is 11.3 Å². The van der Waals surface area contributed by atoms with Crippen molar-refractivity contribution in [3.05, 3.63) is 48.0 Å². The van der Waals surface area contributed by atoms with E-state index in [2.05, 4.69) is 20.3 Å². The van der Waals surface area contributed by atoms with Gasteiger partial charge in [-0.3, -0.25) is 9.78 Å². The van der Waals surface area contributed by atoms with Crippen LogP contribution in [0, 0.1) is 12.3 Å². The summed E-state index contributed by atoms with van der Waals surface area (Å²) in [5.74, 6) is 0.788. The van der Waals surface area contributed by atoms with Crippen molar-refractivity contribution in [2.75, 3.05) is 18.4 Å². The van der Waals surface area contributed by atoms with E-state index in [9.17, 15) is 4.79 Å². The lowest BCUT2D eigenvalue weighted by atomic mass is 9.65. The van der Waals surface area contributed by atoms with Gasteiger partial charge in [0.2, 0.25) is 5.95 Å². The van der Waals surface area contributed by atoms with Crippen LogP contribution in [0.5, 0.6) is 0 Å². The summed E-state index contributed by atoms with van der Waals surface area (Å²) in [7, 11) is 0. The number of anilines is 1. The molecule has 0 unspecified atom stereocenters. The van der Waals surface area contributed by atoms with Gasteiger partial charge in [-0.05, 0) is 49.8 Å². The van der Waals surface area contributed by atoms with Crippen LogP contribution in [0.4, 0.5) is 5.95 Å². The number of carbonyl (C=O) groups excluding carboxylic acids is 1. The highest BCUT2D eigenvalue weighted by atomic mass is 16.2. The Balaban J connectivity index is 1.34. The fraction of sp³-hybridized carbons (Fsp3) is 0.444. The van der Waals surface area contributed by atoms with Gasteiger partial charge in [0, 0.05) is 43.4 Å². The van der Waals surface area contributed by atoms with Crippen LogP contribution in [-0.4, -0.2) is 44.9 Å². The lowest BCUT2D eigenvalue weighted by Crippen LogP contribution is -2.47. The minimum atomic E-state index is 0.0992. The molecule has 1 amide bonds. The van der Waals surface area contributed by atoms with Crippen molar-refractivity contribution in [2.24, 2.45) is 5.41 Å². The fourth-order valence-electron chi connectivity index (χ4n) is 3.86. The Hall–Kier alpha value is -2.50. The first-order valence-corrected chi connectivity index (χ1v) is 8.39. The van der Waals surface area contributed by atoms with E-state index >= 15 is 0 Å². The van der Waals surface area contributed by atoms with E-state index in [1.165, 1.54) is 0 Å². The Morgan fingerprint density at radius 3 is 2.75 bits per heavy atom. The van der Waals surface area contributed by atoms with Crippen LogP contribution in [0.1, 0.15) is 35.3 Å². The smallest absolute Gasteiger partial charge is 0.255 e. The minimum Gasteiger partial charge on any atom is -0.351 e. The summed E-state index contributed by atoms with van der Waals surface area (Å²) in [5.41, 5.74) is 1.88. The van der Waals surface area contributed by atoms with Crippen molar-refractivity contribution in [2.45, 2.75) is 32.2 Å². The van der Waals surface area contributed by atoms with Gasteiger partial charge in [-0.1, -0.05) is 0 Å². The molecular formula is C18H21N5O. The molecule has 0 aromatic carbocycles. The maximum atomic E-state index is 12.6. The highest BCUT2D eigenvalue weighted by molar-refractivity contribution is 5.94. The molecule has 2 aromatic rings. The number of nitrogens with one attached hydrogen (secondary N) is 1. The molecule has 0 bridgehead atoms. The third kappa shape index (κ3) is 2.84. The lowest BCUT2D eigenvalue weighted by molar-refractivity contribution is 0.0715. The standard InChI is InChI=1S/C18H21N5O/c1-13-3-4-14(11-21-13)16(24)23-8-5-18(12-23)9-15(10-18)22-17-19-6-2-7-20-17/h2-4,6-7,11,15H,5,8-10,12H2,1H3,(H,19,20,22). The van der Waals surface area contributed by atoms with Gasteiger partial charge in [0.05, 0.1) is 5.56 Å². The van der Waals surface area contributed by atoms with Crippen molar-refractivity contribution in [1.82, 2.24) is 19.9 Å². The van der Waals surface area contributed by atoms with Gasteiger partial charge >= 0.3 is 0 Å². The molecule has 4 rings (SSSR count). The molecular weight excluding hydrogens is 302 g/mol. The van der Waals surface area contributed by atoms with Crippen molar-refractivity contribution in [1.29, 1.82) is 0 Å². The number of aryl methyl sites for hydroxylation is 1. The van der Waals surface area contributed by atoms with Gasteiger partial charge in [-0.15, -0.1) is 0 Å². The summed E-state index contributed by atoms with van der Waals surface area (Å²) >= 11 is 0. The first-order valence-electron chi connectivity index (χ1n) is 8.39. The Morgan fingerprint density at radius 1 is 1.25 bits per heavy atom. The van der Waals surface area contributed by atoms with Crippen molar-refractivity contribution >= 4 is 11.9 Å². The molecule has 1 aliphatic heterocycles. The zero-order valence-corrected chi connectivity index (χ0v) is 13.8. The summed E-state index contributed by atoms with van der Waals surface area (Å²) < 4.78 is 0. The second-order valence-corrected chi connectivity index (χ2v) is 6.99. The number of hydrogen-bond acceptors (Lipinski definition) is 5. The molecule has 1 aliphatic carbocycles. The first-order chi connectivity index (χ1) is 11.6. The van der Waals surface area contributed by atoms with Crippen molar-refractivity contribution < 1.29 is 4.79 Å². The quantitative estimate of drug-likeness (QED) is 0.938. The van der Waals surface area contributed by atoms with Crippen molar-refractivity contribution in [3.8, 4) is 0 Å². The highest BCUT2D eigenvalue weighted by Crippen LogP contribution is 2.49. The highest BCUT2D eigenvalue weighted by Gasteiger charge is 2.49. The number of likely N-dealkylation sites (tertiary alicyclic amines) is 1. The second-order valence-electron chi connectivity index (χ2n) is 6.99. The molecule has 6 nitrogen and oxygen atoms in total. The van der Waals surface area contributed by atoms with Crippen LogP contribution >= 0.6 is 0 Å². The molecule has 124 valence electrons. The maximum Gasteiger partial charge on any atom is 0.255 e. The molecule has 2 aromatic heterocycles. The van der Waals surface area contributed by atoms with E-state index in [4.69, 9.17) is 0 Å². The first kappa shape index (κ1) is 15.1. The second kappa shape index (κ2) is 5.85. The number of amides is 1. The molecule has 2 fully saturated rings. The van der Waals surface area contributed by atoms with Crippen LogP contribution in [0.2, 0.25) is 0 Å². The SMILES string of the molecule is Cc1ccc(C(=O)N2CCC3(CC(Nc4ncccn4)C3)C2)cn1. The fourth-order valence-corrected chi connectivity index (χ4v) is 3.86. The van der Waals surface area contributed by atoms with Gasteiger partial charge in [0.1, 0.15) is 0 Å². The summed E-state index contributed by atoms with van der Waals surface area (Å²) in [6.07, 6.45) is 8.39. The number of nitrogens with zero attached hydrogens (tertiary/aromatic N) is 4. The molecule has 1 saturated heterocycles.